The summed E-state index contributed by atoms with van der Waals surface area (Å²) in [7, 11) is 0. The second-order valence-electron chi connectivity index (χ2n) is 5.30. The lowest BCUT2D eigenvalue weighted by Crippen LogP contribution is -2.10. The van der Waals surface area contributed by atoms with E-state index < -0.39 is 0 Å². The van der Waals surface area contributed by atoms with Crippen molar-refractivity contribution < 1.29 is 0 Å². The van der Waals surface area contributed by atoms with Crippen LogP contribution in [0.1, 0.15) is 18.3 Å². The molecule has 0 atom stereocenters. The number of nitrogens with zero attached hydrogens (tertiary/aromatic N) is 2. The highest BCUT2D eigenvalue weighted by molar-refractivity contribution is 5.75. The second kappa shape index (κ2) is 6.00. The standard InChI is InChI=1S/C18H21N3/c1-3-21-17-7-5-4-6-16(17)20-18(21)12-13-19-15-10-8-14(2)9-11-15/h4-11,19H,3,12-13H2,1-2H3. The van der Waals surface area contributed by atoms with Crippen molar-refractivity contribution in [2.45, 2.75) is 26.8 Å². The average Bonchev–Trinajstić information content (AvgIpc) is 2.86. The summed E-state index contributed by atoms with van der Waals surface area (Å²) < 4.78 is 2.30. The van der Waals surface area contributed by atoms with Crippen LogP contribution in [0.4, 0.5) is 5.69 Å². The largest absolute Gasteiger partial charge is 0.385 e. The Morgan fingerprint density at radius 2 is 1.81 bits per heavy atom. The SMILES string of the molecule is CCn1c(CCNc2ccc(C)cc2)nc2ccccc21. The minimum absolute atomic E-state index is 0.895. The van der Waals surface area contributed by atoms with Gasteiger partial charge in [-0.1, -0.05) is 29.8 Å². The Hall–Kier alpha value is -2.29. The number of para-hydroxylation sites is 2. The Kier molecular flexibility index (Phi) is 3.91. The summed E-state index contributed by atoms with van der Waals surface area (Å²) in [6.45, 7) is 6.13. The average molecular weight is 279 g/mol. The summed E-state index contributed by atoms with van der Waals surface area (Å²) in [5, 5.41) is 3.46. The predicted octanol–water partition coefficient (Wildman–Crippen LogP) is 4.02. The number of fused-ring (bicyclic) bond motifs is 1. The van der Waals surface area contributed by atoms with Crippen LogP contribution in [0, 0.1) is 6.92 Å². The van der Waals surface area contributed by atoms with E-state index in [-0.39, 0.29) is 0 Å². The lowest BCUT2D eigenvalue weighted by atomic mass is 10.2. The van der Waals surface area contributed by atoms with Crippen LogP contribution in [0.5, 0.6) is 0 Å². The van der Waals surface area contributed by atoms with Gasteiger partial charge in [-0.3, -0.25) is 0 Å². The molecule has 1 N–H and O–H groups in total. The quantitative estimate of drug-likeness (QED) is 0.764. The van der Waals surface area contributed by atoms with Crippen LogP contribution in [0.3, 0.4) is 0 Å². The third-order valence-corrected chi connectivity index (χ3v) is 3.78. The zero-order valence-electron chi connectivity index (χ0n) is 12.6. The van der Waals surface area contributed by atoms with Crippen molar-refractivity contribution in [2.24, 2.45) is 0 Å². The lowest BCUT2D eigenvalue weighted by molar-refractivity contribution is 0.717. The first-order valence-electron chi connectivity index (χ1n) is 7.52. The molecule has 0 aliphatic rings. The molecule has 3 rings (SSSR count). The van der Waals surface area contributed by atoms with Crippen LogP contribution in [0.25, 0.3) is 11.0 Å². The van der Waals surface area contributed by atoms with Crippen LogP contribution in [-0.2, 0) is 13.0 Å². The molecule has 0 fully saturated rings. The minimum Gasteiger partial charge on any atom is -0.385 e. The molecule has 3 nitrogen and oxygen atoms in total. The van der Waals surface area contributed by atoms with Crippen molar-refractivity contribution in [1.82, 2.24) is 9.55 Å². The number of hydrogen-bond acceptors (Lipinski definition) is 2. The van der Waals surface area contributed by atoms with Crippen LogP contribution in [0.15, 0.2) is 48.5 Å². The fourth-order valence-electron chi connectivity index (χ4n) is 2.66. The van der Waals surface area contributed by atoms with Crippen LogP contribution in [-0.4, -0.2) is 16.1 Å². The first kappa shape index (κ1) is 13.7. The smallest absolute Gasteiger partial charge is 0.111 e. The molecular formula is C18H21N3. The van der Waals surface area contributed by atoms with E-state index in [1.807, 2.05) is 6.07 Å². The van der Waals surface area contributed by atoms with Crippen molar-refractivity contribution in [3.63, 3.8) is 0 Å². The van der Waals surface area contributed by atoms with Gasteiger partial charge in [-0.25, -0.2) is 4.98 Å². The topological polar surface area (TPSA) is 29.9 Å². The maximum Gasteiger partial charge on any atom is 0.111 e. The second-order valence-corrected chi connectivity index (χ2v) is 5.30. The molecule has 0 saturated carbocycles. The van der Waals surface area contributed by atoms with Crippen LogP contribution >= 0.6 is 0 Å². The molecule has 0 saturated heterocycles. The maximum atomic E-state index is 4.75. The van der Waals surface area contributed by atoms with Crippen molar-refractivity contribution in [2.75, 3.05) is 11.9 Å². The molecule has 21 heavy (non-hydrogen) atoms. The van der Waals surface area contributed by atoms with Gasteiger partial charge in [-0.15, -0.1) is 0 Å². The molecule has 0 amide bonds. The number of rotatable bonds is 5. The van der Waals surface area contributed by atoms with E-state index in [1.54, 1.807) is 0 Å². The number of imidazole rings is 1. The van der Waals surface area contributed by atoms with Gasteiger partial charge in [0.25, 0.3) is 0 Å². The number of anilines is 1. The van der Waals surface area contributed by atoms with Crippen molar-refractivity contribution in [3.05, 3.63) is 59.9 Å². The molecule has 0 bridgehead atoms. The van der Waals surface area contributed by atoms with Gasteiger partial charge in [0.1, 0.15) is 5.82 Å². The molecule has 3 aromatic rings. The van der Waals surface area contributed by atoms with E-state index >= 15 is 0 Å². The van der Waals surface area contributed by atoms with E-state index in [9.17, 15) is 0 Å². The number of benzene rings is 2. The van der Waals surface area contributed by atoms with Gasteiger partial charge in [-0.2, -0.15) is 0 Å². The van der Waals surface area contributed by atoms with Crippen molar-refractivity contribution in [1.29, 1.82) is 0 Å². The third kappa shape index (κ3) is 2.92. The highest BCUT2D eigenvalue weighted by Gasteiger charge is 2.08. The summed E-state index contributed by atoms with van der Waals surface area (Å²) >= 11 is 0. The minimum atomic E-state index is 0.895. The molecule has 0 spiro atoms. The van der Waals surface area contributed by atoms with Gasteiger partial charge < -0.3 is 9.88 Å². The van der Waals surface area contributed by atoms with Crippen molar-refractivity contribution >= 4 is 16.7 Å². The Balaban J connectivity index is 1.71. The van der Waals surface area contributed by atoms with Gasteiger partial charge in [0.2, 0.25) is 0 Å². The fraction of sp³-hybridized carbons (Fsp3) is 0.278. The molecule has 0 aliphatic carbocycles. The molecule has 108 valence electrons. The number of hydrogen-bond donors (Lipinski definition) is 1. The van der Waals surface area contributed by atoms with Gasteiger partial charge in [0, 0.05) is 25.2 Å². The highest BCUT2D eigenvalue weighted by atomic mass is 15.1. The van der Waals surface area contributed by atoms with E-state index in [0.717, 1.165) is 30.9 Å². The van der Waals surface area contributed by atoms with Gasteiger partial charge >= 0.3 is 0 Å². The molecule has 1 heterocycles. The zero-order chi connectivity index (χ0) is 14.7. The van der Waals surface area contributed by atoms with Crippen molar-refractivity contribution in [3.8, 4) is 0 Å². The Bertz CT molecular complexity index is 726. The monoisotopic (exact) mass is 279 g/mol. The Morgan fingerprint density at radius 1 is 1.05 bits per heavy atom. The summed E-state index contributed by atoms with van der Waals surface area (Å²) in [6.07, 6.45) is 0.927. The Labute approximate surface area is 125 Å². The van der Waals surface area contributed by atoms with E-state index in [0.29, 0.717) is 0 Å². The van der Waals surface area contributed by atoms with Gasteiger partial charge in [0.15, 0.2) is 0 Å². The number of aryl methyl sites for hydroxylation is 2. The first-order valence-corrected chi connectivity index (χ1v) is 7.52. The summed E-state index contributed by atoms with van der Waals surface area (Å²) in [5.41, 5.74) is 4.77. The molecule has 3 heteroatoms. The van der Waals surface area contributed by atoms with Gasteiger partial charge in [-0.05, 0) is 38.1 Å². The molecule has 0 radical (unpaired) electrons. The predicted molar refractivity (Wildman–Crippen MR) is 88.8 cm³/mol. The molecule has 0 unspecified atom stereocenters. The first-order chi connectivity index (χ1) is 10.3. The Morgan fingerprint density at radius 3 is 2.57 bits per heavy atom. The summed E-state index contributed by atoms with van der Waals surface area (Å²) in [6, 6.07) is 16.8. The van der Waals surface area contributed by atoms with Gasteiger partial charge in [0.05, 0.1) is 11.0 Å². The number of aromatic nitrogens is 2. The molecule has 0 aliphatic heterocycles. The molecule has 1 aromatic heterocycles. The number of nitrogens with one attached hydrogen (secondary N) is 1. The third-order valence-electron chi connectivity index (χ3n) is 3.78. The zero-order valence-corrected chi connectivity index (χ0v) is 12.6. The summed E-state index contributed by atoms with van der Waals surface area (Å²) in [4.78, 5) is 4.75. The maximum absolute atomic E-state index is 4.75. The lowest BCUT2D eigenvalue weighted by Gasteiger charge is -2.08. The molecule has 2 aromatic carbocycles. The van der Waals surface area contributed by atoms with E-state index in [1.165, 1.54) is 16.8 Å². The van der Waals surface area contributed by atoms with Crippen LogP contribution in [0.2, 0.25) is 0 Å². The van der Waals surface area contributed by atoms with E-state index in [4.69, 9.17) is 4.98 Å². The molecular weight excluding hydrogens is 258 g/mol. The highest BCUT2D eigenvalue weighted by Crippen LogP contribution is 2.16. The summed E-state index contributed by atoms with van der Waals surface area (Å²) in [5.74, 6) is 1.15. The fourth-order valence-corrected chi connectivity index (χ4v) is 2.66. The van der Waals surface area contributed by atoms with Crippen LogP contribution < -0.4 is 5.32 Å². The van der Waals surface area contributed by atoms with E-state index in [2.05, 4.69) is 66.2 Å². The normalized spacial score (nSPS) is 11.0.